The zero-order chi connectivity index (χ0) is 35.3. The van der Waals surface area contributed by atoms with Crippen molar-refractivity contribution < 1.29 is 23.4 Å². The van der Waals surface area contributed by atoms with Gasteiger partial charge in [0.1, 0.15) is 11.3 Å². The van der Waals surface area contributed by atoms with E-state index in [0.717, 1.165) is 32.1 Å². The minimum Gasteiger partial charge on any atom is -0.493 e. The zero-order valence-electron chi connectivity index (χ0n) is 28.0. The fraction of sp³-hybridized carbons (Fsp3) is 0.225. The van der Waals surface area contributed by atoms with Gasteiger partial charge >= 0.3 is 0 Å². The smallest absolute Gasteiger partial charge is 0.261 e. The van der Waals surface area contributed by atoms with Crippen molar-refractivity contribution in [1.82, 2.24) is 14.5 Å². The molecule has 1 saturated heterocycles. The molecule has 1 aliphatic heterocycles. The molecule has 1 aliphatic rings. The Hall–Kier alpha value is -5.45. The number of nitrogens with one attached hydrogen (secondary N) is 1. The molecule has 7 rings (SSSR count). The highest BCUT2D eigenvalue weighted by Gasteiger charge is 2.19. The number of likely N-dealkylation sites (tertiary alicyclic amines) is 1. The monoisotopic (exact) mass is 706 g/mol. The molecule has 1 N–H and O–H groups in total. The molecule has 0 spiro atoms. The lowest BCUT2D eigenvalue weighted by atomic mass is 10.1. The van der Waals surface area contributed by atoms with Crippen LogP contribution >= 0.6 is 11.6 Å². The van der Waals surface area contributed by atoms with E-state index in [1.807, 2.05) is 6.07 Å². The number of halogens is 2. The lowest BCUT2D eigenvalue weighted by molar-refractivity contribution is 0.102. The molecule has 1 fully saturated rings. The maximum absolute atomic E-state index is 15.5. The minimum atomic E-state index is -0.717. The van der Waals surface area contributed by atoms with Crippen LogP contribution in [0.15, 0.2) is 102 Å². The van der Waals surface area contributed by atoms with Crippen LogP contribution in [-0.2, 0) is 0 Å². The van der Waals surface area contributed by atoms with Crippen LogP contribution in [0, 0.1) is 5.82 Å². The number of fused-ring (bicyclic) bond motifs is 2. The van der Waals surface area contributed by atoms with Crippen LogP contribution in [-0.4, -0.2) is 53.7 Å². The molecule has 0 atom stereocenters. The van der Waals surface area contributed by atoms with Crippen LogP contribution in [0.5, 0.6) is 23.0 Å². The quantitative estimate of drug-likeness (QED) is 0.135. The van der Waals surface area contributed by atoms with Gasteiger partial charge in [0.25, 0.3) is 5.91 Å². The molecular weight excluding hydrogens is 671 g/mol. The Balaban J connectivity index is 1.09. The number of benzene rings is 4. The number of pyridine rings is 2. The molecule has 260 valence electrons. The van der Waals surface area contributed by atoms with Crippen LogP contribution in [0.4, 0.5) is 10.1 Å². The zero-order valence-corrected chi connectivity index (χ0v) is 28.8. The van der Waals surface area contributed by atoms with Gasteiger partial charge in [0.15, 0.2) is 23.1 Å². The number of para-hydroxylation sites is 2. The summed E-state index contributed by atoms with van der Waals surface area (Å²) in [7, 11) is 1.56. The SMILES string of the molecule is COc1cc2c(Oc3ccc(NC(=O)c4cn(-c5ccccc5Cl)c5ccccc5c4=O)cc3F)ccnc2cc1OCCCN1CCCCC1. The van der Waals surface area contributed by atoms with Gasteiger partial charge in [-0.25, -0.2) is 4.39 Å². The Morgan fingerprint density at radius 1 is 0.902 bits per heavy atom. The standard InChI is InChI=1S/C40H36ClFN4O5/c1-49-37-23-28-32(24-38(37)50-21-9-20-45-18-7-2-8-19-45)43-17-16-35(28)51-36-15-14-26(22-31(36)42)44-40(48)29-25-46(34-13-6-4-11-30(34)41)33-12-5-3-10-27(33)39(29)47/h3-6,10-17,22-25H,2,7-9,18-21H2,1H3,(H,44,48). The second-order valence-corrected chi connectivity index (χ2v) is 12.8. The Morgan fingerprint density at radius 3 is 2.51 bits per heavy atom. The number of methoxy groups -OCH3 is 1. The van der Waals surface area contributed by atoms with Gasteiger partial charge in [-0.05, 0) is 80.9 Å². The summed E-state index contributed by atoms with van der Waals surface area (Å²) < 4.78 is 34.9. The summed E-state index contributed by atoms with van der Waals surface area (Å²) in [6.07, 6.45) is 7.73. The number of anilines is 1. The molecule has 3 heterocycles. The molecular formula is C40H36ClFN4O5. The fourth-order valence-electron chi connectivity index (χ4n) is 6.41. The van der Waals surface area contributed by atoms with Gasteiger partial charge in [-0.1, -0.05) is 42.3 Å². The summed E-state index contributed by atoms with van der Waals surface area (Å²) in [6, 6.07) is 23.3. The summed E-state index contributed by atoms with van der Waals surface area (Å²) in [6.45, 7) is 3.82. The lowest BCUT2D eigenvalue weighted by Crippen LogP contribution is -2.31. The van der Waals surface area contributed by atoms with E-state index in [4.69, 9.17) is 25.8 Å². The Bertz CT molecular complexity index is 2290. The number of aromatic nitrogens is 2. The second kappa shape index (κ2) is 15.2. The summed E-state index contributed by atoms with van der Waals surface area (Å²) >= 11 is 6.48. The predicted molar refractivity (Wildman–Crippen MR) is 198 cm³/mol. The van der Waals surface area contributed by atoms with Crippen molar-refractivity contribution in [3.8, 4) is 28.7 Å². The first-order valence-electron chi connectivity index (χ1n) is 16.9. The van der Waals surface area contributed by atoms with Crippen molar-refractivity contribution >= 4 is 45.0 Å². The number of carbonyl (C=O) groups is 1. The molecule has 11 heteroatoms. The van der Waals surface area contributed by atoms with Crippen molar-refractivity contribution in [3.05, 3.63) is 124 Å². The van der Waals surface area contributed by atoms with E-state index in [9.17, 15) is 9.59 Å². The number of nitrogens with zero attached hydrogens (tertiary/aromatic N) is 3. The first kappa shape index (κ1) is 34.0. The summed E-state index contributed by atoms with van der Waals surface area (Å²) in [5.41, 5.74) is 1.35. The molecule has 2 aromatic heterocycles. The highest BCUT2D eigenvalue weighted by atomic mass is 35.5. The third-order valence-electron chi connectivity index (χ3n) is 8.99. The second-order valence-electron chi connectivity index (χ2n) is 12.3. The van der Waals surface area contributed by atoms with Crippen LogP contribution in [0.25, 0.3) is 27.5 Å². The van der Waals surface area contributed by atoms with Gasteiger partial charge in [0.05, 0.1) is 35.5 Å². The third kappa shape index (κ3) is 7.38. The van der Waals surface area contributed by atoms with Gasteiger partial charge in [0, 0.05) is 47.5 Å². The number of ether oxygens (including phenoxy) is 3. The summed E-state index contributed by atoms with van der Waals surface area (Å²) in [5, 5.41) is 4.05. The van der Waals surface area contributed by atoms with Gasteiger partial charge in [-0.2, -0.15) is 0 Å². The average Bonchev–Trinajstić information content (AvgIpc) is 3.15. The number of hydrogen-bond donors (Lipinski definition) is 1. The van der Waals surface area contributed by atoms with E-state index in [-0.39, 0.29) is 17.0 Å². The van der Waals surface area contributed by atoms with Gasteiger partial charge in [0.2, 0.25) is 5.43 Å². The Morgan fingerprint density at radius 2 is 1.71 bits per heavy atom. The van der Waals surface area contributed by atoms with E-state index in [1.54, 1.807) is 78.5 Å². The van der Waals surface area contributed by atoms with E-state index in [0.29, 0.717) is 56.4 Å². The number of rotatable bonds is 11. The van der Waals surface area contributed by atoms with Gasteiger partial charge in [-0.3, -0.25) is 14.6 Å². The maximum atomic E-state index is 15.5. The van der Waals surface area contributed by atoms with E-state index in [1.165, 1.54) is 37.6 Å². The average molecular weight is 707 g/mol. The normalized spacial score (nSPS) is 13.3. The van der Waals surface area contributed by atoms with Crippen molar-refractivity contribution in [3.63, 3.8) is 0 Å². The highest BCUT2D eigenvalue weighted by Crippen LogP contribution is 2.38. The summed E-state index contributed by atoms with van der Waals surface area (Å²) in [4.78, 5) is 33.9. The third-order valence-corrected chi connectivity index (χ3v) is 9.31. The molecule has 0 aliphatic carbocycles. The van der Waals surface area contributed by atoms with Crippen LogP contribution in [0.1, 0.15) is 36.0 Å². The van der Waals surface area contributed by atoms with Crippen LogP contribution < -0.4 is 25.0 Å². The predicted octanol–water partition coefficient (Wildman–Crippen LogP) is 8.64. The maximum Gasteiger partial charge on any atom is 0.261 e. The van der Waals surface area contributed by atoms with E-state index < -0.39 is 17.2 Å². The van der Waals surface area contributed by atoms with Crippen LogP contribution in [0.3, 0.4) is 0 Å². The fourth-order valence-corrected chi connectivity index (χ4v) is 6.63. The number of amides is 1. The number of piperidine rings is 1. The Kier molecular flexibility index (Phi) is 10.1. The molecule has 4 aromatic carbocycles. The molecule has 0 saturated carbocycles. The van der Waals surface area contributed by atoms with Crippen molar-refractivity contribution in [2.45, 2.75) is 25.7 Å². The first-order valence-corrected chi connectivity index (χ1v) is 17.3. The van der Waals surface area contributed by atoms with Crippen molar-refractivity contribution in [1.29, 1.82) is 0 Å². The first-order chi connectivity index (χ1) is 24.9. The number of hydrogen-bond acceptors (Lipinski definition) is 7. The van der Waals surface area contributed by atoms with Gasteiger partial charge < -0.3 is 29.0 Å². The molecule has 6 aromatic rings. The molecule has 0 radical (unpaired) electrons. The van der Waals surface area contributed by atoms with E-state index in [2.05, 4.69) is 15.2 Å². The molecule has 51 heavy (non-hydrogen) atoms. The highest BCUT2D eigenvalue weighted by molar-refractivity contribution is 6.32. The topological polar surface area (TPSA) is 94.9 Å². The van der Waals surface area contributed by atoms with Crippen LogP contribution in [0.2, 0.25) is 5.02 Å². The number of carbonyl (C=O) groups excluding carboxylic acids is 1. The Labute approximate surface area is 299 Å². The van der Waals surface area contributed by atoms with Crippen molar-refractivity contribution in [2.75, 3.05) is 38.7 Å². The molecule has 0 bridgehead atoms. The largest absolute Gasteiger partial charge is 0.493 e. The molecule has 9 nitrogen and oxygen atoms in total. The summed E-state index contributed by atoms with van der Waals surface area (Å²) in [5.74, 6) is -0.0308. The molecule has 0 unspecified atom stereocenters. The van der Waals surface area contributed by atoms with Gasteiger partial charge in [-0.15, -0.1) is 0 Å². The van der Waals surface area contributed by atoms with Crippen molar-refractivity contribution in [2.24, 2.45) is 0 Å². The van der Waals surface area contributed by atoms with E-state index >= 15 is 4.39 Å². The minimum absolute atomic E-state index is 0.0655. The lowest BCUT2D eigenvalue weighted by Gasteiger charge is -2.26. The molecule has 1 amide bonds.